The molecule has 2 aromatic rings. The third kappa shape index (κ3) is 4.33. The van der Waals surface area contributed by atoms with E-state index in [4.69, 9.17) is 14.6 Å². The normalized spacial score (nSPS) is 19.4. The third-order valence-electron chi connectivity index (χ3n) is 3.91. The van der Waals surface area contributed by atoms with Gasteiger partial charge in [0.25, 0.3) is 5.91 Å². The molecule has 0 aliphatic carbocycles. The van der Waals surface area contributed by atoms with Crippen molar-refractivity contribution in [3.05, 3.63) is 54.4 Å². The molecule has 1 aromatic carbocycles. The number of carbonyl (C=O) groups excluding carboxylic acids is 1. The van der Waals surface area contributed by atoms with E-state index in [0.717, 1.165) is 0 Å². The van der Waals surface area contributed by atoms with Gasteiger partial charge in [-0.25, -0.2) is 0 Å². The van der Waals surface area contributed by atoms with E-state index in [-0.39, 0.29) is 18.7 Å². The molecule has 1 aliphatic heterocycles. The van der Waals surface area contributed by atoms with Crippen LogP contribution in [0.2, 0.25) is 0 Å². The maximum absolute atomic E-state index is 12.5. The number of rotatable bonds is 6. The Balaban J connectivity index is 1.73. The van der Waals surface area contributed by atoms with Gasteiger partial charge in [0.2, 0.25) is 0 Å². The summed E-state index contributed by atoms with van der Waals surface area (Å²) in [5, 5.41) is 11.9. The number of aromatic nitrogens is 1. The van der Waals surface area contributed by atoms with Gasteiger partial charge in [0, 0.05) is 18.9 Å². The van der Waals surface area contributed by atoms with E-state index in [0.29, 0.717) is 24.5 Å². The fraction of sp³-hybridized carbons (Fsp3) is 0.278. The van der Waals surface area contributed by atoms with Crippen molar-refractivity contribution in [3.63, 3.8) is 0 Å². The van der Waals surface area contributed by atoms with E-state index in [1.807, 2.05) is 18.2 Å². The Labute approximate surface area is 144 Å². The van der Waals surface area contributed by atoms with E-state index in [2.05, 4.69) is 10.3 Å². The lowest BCUT2D eigenvalue weighted by Gasteiger charge is -2.26. The van der Waals surface area contributed by atoms with Crippen molar-refractivity contribution in [1.82, 2.24) is 10.3 Å². The summed E-state index contributed by atoms with van der Waals surface area (Å²) in [7, 11) is 0. The summed E-state index contributed by atoms with van der Waals surface area (Å²) in [4.78, 5) is 27.7. The second-order valence-electron chi connectivity index (χ2n) is 5.90. The van der Waals surface area contributed by atoms with E-state index in [9.17, 15) is 9.59 Å². The number of para-hydroxylation sites is 1. The number of pyridine rings is 1. The number of benzene rings is 1. The fourth-order valence-electron chi connectivity index (χ4n) is 2.71. The van der Waals surface area contributed by atoms with Crippen molar-refractivity contribution in [2.24, 2.45) is 0 Å². The first-order chi connectivity index (χ1) is 12.1. The molecule has 7 nitrogen and oxygen atoms in total. The molecule has 130 valence electrons. The molecule has 7 heteroatoms. The highest BCUT2D eigenvalue weighted by Gasteiger charge is 2.39. The first-order valence-electron chi connectivity index (χ1n) is 7.87. The van der Waals surface area contributed by atoms with Crippen molar-refractivity contribution < 1.29 is 24.2 Å². The van der Waals surface area contributed by atoms with Gasteiger partial charge in [0.1, 0.15) is 17.2 Å². The number of hydrogen-bond acceptors (Lipinski definition) is 5. The van der Waals surface area contributed by atoms with Gasteiger partial charge < -0.3 is 19.9 Å². The molecule has 0 radical (unpaired) electrons. The van der Waals surface area contributed by atoms with Gasteiger partial charge in [-0.1, -0.05) is 18.2 Å². The molecule has 25 heavy (non-hydrogen) atoms. The zero-order valence-corrected chi connectivity index (χ0v) is 13.5. The van der Waals surface area contributed by atoms with Crippen molar-refractivity contribution in [2.75, 3.05) is 13.2 Å². The summed E-state index contributed by atoms with van der Waals surface area (Å²) in [6, 6.07) is 12.3. The summed E-state index contributed by atoms with van der Waals surface area (Å²) in [6.45, 7) is 0.587. The lowest BCUT2D eigenvalue weighted by Crippen LogP contribution is -2.50. The number of ether oxygens (including phenoxy) is 2. The maximum Gasteiger partial charge on any atom is 0.305 e. The molecule has 1 amide bonds. The van der Waals surface area contributed by atoms with Crippen LogP contribution in [0.4, 0.5) is 0 Å². The van der Waals surface area contributed by atoms with Gasteiger partial charge >= 0.3 is 5.97 Å². The van der Waals surface area contributed by atoms with Crippen molar-refractivity contribution in [2.45, 2.75) is 18.4 Å². The zero-order chi connectivity index (χ0) is 17.7. The van der Waals surface area contributed by atoms with Crippen molar-refractivity contribution in [1.29, 1.82) is 0 Å². The van der Waals surface area contributed by atoms with E-state index < -0.39 is 17.4 Å². The van der Waals surface area contributed by atoms with Crippen LogP contribution in [-0.2, 0) is 9.53 Å². The Bertz CT molecular complexity index is 757. The Morgan fingerprint density at radius 1 is 1.24 bits per heavy atom. The Hall–Kier alpha value is -2.93. The summed E-state index contributed by atoms with van der Waals surface area (Å²) >= 11 is 0. The molecular weight excluding hydrogens is 324 g/mol. The van der Waals surface area contributed by atoms with Crippen LogP contribution in [-0.4, -0.2) is 40.7 Å². The second-order valence-corrected chi connectivity index (χ2v) is 5.90. The number of nitrogens with one attached hydrogen (secondary N) is 1. The predicted octanol–water partition coefficient (Wildman–Crippen LogP) is 2.24. The molecule has 1 aliphatic rings. The highest BCUT2D eigenvalue weighted by atomic mass is 16.5. The van der Waals surface area contributed by atoms with Gasteiger partial charge in [-0.05, 0) is 24.6 Å². The average molecular weight is 342 g/mol. The molecule has 2 heterocycles. The number of amides is 1. The highest BCUT2D eigenvalue weighted by molar-refractivity contribution is 5.93. The molecule has 1 aromatic heterocycles. The van der Waals surface area contributed by atoms with Crippen molar-refractivity contribution in [3.8, 4) is 11.5 Å². The van der Waals surface area contributed by atoms with Crippen LogP contribution in [0.25, 0.3) is 0 Å². The van der Waals surface area contributed by atoms with Gasteiger partial charge in [0.15, 0.2) is 0 Å². The summed E-state index contributed by atoms with van der Waals surface area (Å²) in [6.07, 6.45) is 1.73. The number of aliphatic carboxylic acids is 1. The number of hydrogen-bond donors (Lipinski definition) is 2. The number of carboxylic acids is 1. The molecule has 3 rings (SSSR count). The van der Waals surface area contributed by atoms with Crippen LogP contribution in [0.1, 0.15) is 23.3 Å². The van der Waals surface area contributed by atoms with Gasteiger partial charge in [-0.3, -0.25) is 14.6 Å². The second kappa shape index (κ2) is 7.31. The van der Waals surface area contributed by atoms with Gasteiger partial charge in [-0.2, -0.15) is 0 Å². The monoisotopic (exact) mass is 342 g/mol. The molecule has 0 spiro atoms. The summed E-state index contributed by atoms with van der Waals surface area (Å²) in [5.74, 6) is -0.321. The van der Waals surface area contributed by atoms with Crippen LogP contribution in [0.3, 0.4) is 0 Å². The summed E-state index contributed by atoms with van der Waals surface area (Å²) in [5.41, 5.74) is -0.744. The molecule has 1 atom stereocenters. The smallest absolute Gasteiger partial charge is 0.305 e. The molecule has 0 saturated carbocycles. The minimum Gasteiger partial charge on any atom is -0.481 e. The largest absolute Gasteiger partial charge is 0.481 e. The van der Waals surface area contributed by atoms with Gasteiger partial charge in [0.05, 0.1) is 18.6 Å². The number of carbonyl (C=O) groups is 2. The number of carboxylic acid groups (broad SMARTS) is 1. The Morgan fingerprint density at radius 2 is 2.04 bits per heavy atom. The highest BCUT2D eigenvalue weighted by Crippen LogP contribution is 2.24. The lowest BCUT2D eigenvalue weighted by atomic mass is 9.94. The molecule has 2 N–H and O–H groups in total. The predicted molar refractivity (Wildman–Crippen MR) is 88.6 cm³/mol. The fourth-order valence-corrected chi connectivity index (χ4v) is 2.71. The molecule has 1 saturated heterocycles. The SMILES string of the molecule is O=C(O)CC1(NC(=O)c2cc(Oc3ccccc3)ccn2)CCOC1. The topological polar surface area (TPSA) is 97.8 Å². The van der Waals surface area contributed by atoms with Crippen LogP contribution in [0, 0.1) is 0 Å². The van der Waals surface area contributed by atoms with Crippen molar-refractivity contribution >= 4 is 11.9 Å². The maximum atomic E-state index is 12.5. The minimum absolute atomic E-state index is 0.157. The first kappa shape index (κ1) is 16.9. The van der Waals surface area contributed by atoms with E-state index >= 15 is 0 Å². The third-order valence-corrected chi connectivity index (χ3v) is 3.91. The first-order valence-corrected chi connectivity index (χ1v) is 7.87. The van der Waals surface area contributed by atoms with Crippen LogP contribution >= 0.6 is 0 Å². The average Bonchev–Trinajstić information content (AvgIpc) is 3.03. The molecule has 1 fully saturated rings. The lowest BCUT2D eigenvalue weighted by molar-refractivity contribution is -0.138. The van der Waals surface area contributed by atoms with Gasteiger partial charge in [-0.15, -0.1) is 0 Å². The minimum atomic E-state index is -0.986. The van der Waals surface area contributed by atoms with E-state index in [1.165, 1.54) is 12.3 Å². The van der Waals surface area contributed by atoms with Crippen LogP contribution in [0.15, 0.2) is 48.7 Å². The number of nitrogens with zero attached hydrogens (tertiary/aromatic N) is 1. The quantitative estimate of drug-likeness (QED) is 0.835. The van der Waals surface area contributed by atoms with Crippen LogP contribution in [0.5, 0.6) is 11.5 Å². The molecule has 1 unspecified atom stereocenters. The standard InChI is InChI=1S/C18H18N2O5/c21-16(22)11-18(7-9-24-12-18)20-17(23)15-10-14(6-8-19-15)25-13-4-2-1-3-5-13/h1-6,8,10H,7,9,11-12H2,(H,20,23)(H,21,22). The van der Waals surface area contributed by atoms with E-state index in [1.54, 1.807) is 18.2 Å². The summed E-state index contributed by atoms with van der Waals surface area (Å²) < 4.78 is 11.0. The Kier molecular flexibility index (Phi) is 4.95. The Morgan fingerprint density at radius 3 is 2.72 bits per heavy atom. The molecule has 0 bridgehead atoms. The molecular formula is C18H18N2O5. The van der Waals surface area contributed by atoms with Crippen LogP contribution < -0.4 is 10.1 Å². The zero-order valence-electron chi connectivity index (χ0n) is 13.5.